The molecule has 3 aromatic rings. The van der Waals surface area contributed by atoms with E-state index in [-0.39, 0.29) is 5.78 Å². The third-order valence-corrected chi connectivity index (χ3v) is 3.43. The zero-order chi connectivity index (χ0) is 17.8. The Kier molecular flexibility index (Phi) is 4.42. The highest BCUT2D eigenvalue weighted by Gasteiger charge is 2.10. The van der Waals surface area contributed by atoms with Gasteiger partial charge in [0.05, 0.1) is 0 Å². The van der Waals surface area contributed by atoms with Crippen LogP contribution < -0.4 is 20.9 Å². The average molecular weight is 339 g/mol. The Morgan fingerprint density at radius 3 is 2.00 bits per heavy atom. The van der Waals surface area contributed by atoms with Crippen molar-refractivity contribution in [3.8, 4) is 5.69 Å². The van der Waals surface area contributed by atoms with Crippen LogP contribution in [0.4, 0.5) is 16.2 Å². The molecule has 0 spiro atoms. The van der Waals surface area contributed by atoms with Gasteiger partial charge in [-0.2, -0.15) is 0 Å². The van der Waals surface area contributed by atoms with Crippen molar-refractivity contribution in [1.29, 1.82) is 0 Å². The van der Waals surface area contributed by atoms with E-state index < -0.39 is 11.7 Å². The first-order valence-electron chi connectivity index (χ1n) is 7.41. The summed E-state index contributed by atoms with van der Waals surface area (Å²) in [6, 6.07) is 13.0. The molecule has 0 atom stereocenters. The summed E-state index contributed by atoms with van der Waals surface area (Å²) < 4.78 is 6.00. The van der Waals surface area contributed by atoms with Crippen LogP contribution >= 0.6 is 0 Å². The lowest BCUT2D eigenvalue weighted by Crippen LogP contribution is -2.32. The smallest absolute Gasteiger partial charge is 0.308 e. The fourth-order valence-corrected chi connectivity index (χ4v) is 2.17. The number of Topliss-reactive ketones (excluding diaryl/α,β-unsaturated/α-hetero) is 1. The number of nitrogens with one attached hydrogen (secondary N) is 3. The van der Waals surface area contributed by atoms with Crippen molar-refractivity contribution in [3.63, 3.8) is 0 Å². The number of benzene rings is 2. The van der Waals surface area contributed by atoms with E-state index in [1.165, 1.54) is 17.8 Å². The number of aromatic nitrogens is 2. The Bertz CT molecular complexity index is 955. The number of carbonyl (C=O) groups is 2. The molecule has 3 N–H and O–H groups in total. The van der Waals surface area contributed by atoms with Crippen molar-refractivity contribution in [2.24, 2.45) is 0 Å². The highest BCUT2D eigenvalue weighted by Crippen LogP contribution is 2.12. The number of H-pyrrole nitrogens is 1. The molecule has 0 unspecified atom stereocenters. The van der Waals surface area contributed by atoms with Crippen molar-refractivity contribution in [2.75, 3.05) is 10.6 Å². The number of hydrogen-bond donors (Lipinski definition) is 3. The Balaban J connectivity index is 1.62. The molecule has 0 aliphatic heterocycles. The number of aromatic amines is 1. The third kappa shape index (κ3) is 3.99. The molecule has 3 rings (SSSR count). The summed E-state index contributed by atoms with van der Waals surface area (Å²) in [4.78, 5) is 34.2. The van der Waals surface area contributed by atoms with E-state index in [1.807, 2.05) is 0 Å². The van der Waals surface area contributed by atoms with Crippen molar-refractivity contribution < 1.29 is 18.8 Å². The van der Waals surface area contributed by atoms with Gasteiger partial charge in [-0.1, -0.05) is 0 Å². The summed E-state index contributed by atoms with van der Waals surface area (Å²) in [5.74, 6) is -0.0343. The van der Waals surface area contributed by atoms with E-state index in [1.54, 1.807) is 48.5 Å². The van der Waals surface area contributed by atoms with E-state index >= 15 is 0 Å². The van der Waals surface area contributed by atoms with E-state index in [4.69, 9.17) is 0 Å². The molecule has 8 heteroatoms. The second-order valence-corrected chi connectivity index (χ2v) is 5.27. The molecule has 1 heterocycles. The van der Waals surface area contributed by atoms with Crippen molar-refractivity contribution in [3.05, 3.63) is 70.7 Å². The van der Waals surface area contributed by atoms with Crippen LogP contribution in [0.25, 0.3) is 5.69 Å². The highest BCUT2D eigenvalue weighted by molar-refractivity contribution is 6.00. The average Bonchev–Trinajstić information content (AvgIpc) is 3.02. The minimum atomic E-state index is -0.489. The molecule has 0 radical (unpaired) electrons. The predicted octanol–water partition coefficient (Wildman–Crippen LogP) is 2.09. The van der Waals surface area contributed by atoms with Gasteiger partial charge in [-0.05, 0) is 53.3 Å². The molecule has 2 aromatic carbocycles. The molecule has 0 saturated heterocycles. The second-order valence-electron chi connectivity index (χ2n) is 5.27. The molecule has 0 saturated carbocycles. The molecule has 0 bridgehead atoms. The van der Waals surface area contributed by atoms with Gasteiger partial charge in [-0.15, -0.1) is 0 Å². The zero-order valence-electron chi connectivity index (χ0n) is 13.3. The molecular formula is C17H15N4O4+. The van der Waals surface area contributed by atoms with Gasteiger partial charge in [0.2, 0.25) is 5.69 Å². The van der Waals surface area contributed by atoms with E-state index in [9.17, 15) is 14.4 Å². The number of nitrogens with zero attached hydrogens (tertiary/aromatic N) is 1. The minimum absolute atomic E-state index is 0.0343. The lowest BCUT2D eigenvalue weighted by Gasteiger charge is -2.07. The van der Waals surface area contributed by atoms with Crippen LogP contribution in [-0.2, 0) is 0 Å². The molecule has 1 aromatic heterocycles. The van der Waals surface area contributed by atoms with Gasteiger partial charge in [0, 0.05) is 29.1 Å². The van der Waals surface area contributed by atoms with Crippen molar-refractivity contribution in [1.82, 2.24) is 5.27 Å². The number of ketones is 1. The van der Waals surface area contributed by atoms with Gasteiger partial charge >= 0.3 is 11.7 Å². The van der Waals surface area contributed by atoms with Crippen molar-refractivity contribution in [2.45, 2.75) is 6.92 Å². The maximum absolute atomic E-state index is 12.0. The van der Waals surface area contributed by atoms with Crippen LogP contribution in [0.5, 0.6) is 0 Å². The fraction of sp³-hybridized carbons (Fsp3) is 0.0588. The van der Waals surface area contributed by atoms with Gasteiger partial charge in [0.25, 0.3) is 6.20 Å². The number of carbonyl (C=O) groups excluding carboxylic acids is 2. The predicted molar refractivity (Wildman–Crippen MR) is 89.9 cm³/mol. The number of amides is 2. The number of urea groups is 1. The van der Waals surface area contributed by atoms with Gasteiger partial charge in [0.1, 0.15) is 0 Å². The van der Waals surface area contributed by atoms with Crippen LogP contribution in [0, 0.1) is 0 Å². The van der Waals surface area contributed by atoms with E-state index in [0.717, 1.165) is 0 Å². The minimum Gasteiger partial charge on any atom is -0.308 e. The third-order valence-electron chi connectivity index (χ3n) is 3.43. The second kappa shape index (κ2) is 6.83. The van der Waals surface area contributed by atoms with Crippen LogP contribution in [0.15, 0.2) is 64.0 Å². The zero-order valence-corrected chi connectivity index (χ0v) is 13.3. The maximum Gasteiger partial charge on any atom is 0.427 e. The summed E-state index contributed by atoms with van der Waals surface area (Å²) in [5, 5.41) is 7.80. The Hall–Kier alpha value is -3.68. The monoisotopic (exact) mass is 339 g/mol. The number of anilines is 2. The molecule has 0 fully saturated rings. The van der Waals surface area contributed by atoms with Gasteiger partial charge < -0.3 is 10.6 Å². The van der Waals surface area contributed by atoms with Crippen LogP contribution in [-0.4, -0.2) is 17.1 Å². The largest absolute Gasteiger partial charge is 0.427 e. The Morgan fingerprint density at radius 1 is 0.960 bits per heavy atom. The van der Waals surface area contributed by atoms with Crippen LogP contribution in [0.1, 0.15) is 17.3 Å². The number of rotatable bonds is 4. The summed E-state index contributed by atoms with van der Waals surface area (Å²) in [7, 11) is 0. The fourth-order valence-electron chi connectivity index (χ4n) is 2.17. The maximum atomic E-state index is 12.0. The molecule has 25 heavy (non-hydrogen) atoms. The van der Waals surface area contributed by atoms with Crippen molar-refractivity contribution >= 4 is 23.2 Å². The lowest BCUT2D eigenvalue weighted by atomic mass is 10.1. The number of hydrogen-bond acceptors (Lipinski definition) is 4. The summed E-state index contributed by atoms with van der Waals surface area (Å²) in [6.07, 6.45) is 1.26. The molecule has 0 aliphatic rings. The normalized spacial score (nSPS) is 10.3. The molecule has 0 aliphatic carbocycles. The van der Waals surface area contributed by atoms with E-state index in [2.05, 4.69) is 20.4 Å². The van der Waals surface area contributed by atoms with Gasteiger partial charge in [0.15, 0.2) is 5.78 Å². The first-order chi connectivity index (χ1) is 12.0. The topological polar surface area (TPSA) is 108 Å². The van der Waals surface area contributed by atoms with Crippen LogP contribution in [0.2, 0.25) is 0 Å². The molecule has 126 valence electrons. The molecular weight excluding hydrogens is 324 g/mol. The Morgan fingerprint density at radius 2 is 1.52 bits per heavy atom. The summed E-state index contributed by atoms with van der Waals surface area (Å²) >= 11 is 0. The standard InChI is InChI=1S/C17H14N4O4/c1-11(22)12-2-4-13(5-3-12)18-17(24)19-14-6-8-15(9-7-14)21-10-16(23)25-20-21/h2-10H,1H3,(H2-,18,19,20,22,23,24)/p+1. The van der Waals surface area contributed by atoms with Gasteiger partial charge in [-0.3, -0.25) is 9.32 Å². The molecule has 2 amide bonds. The first kappa shape index (κ1) is 16.2. The van der Waals surface area contributed by atoms with E-state index in [0.29, 0.717) is 22.6 Å². The lowest BCUT2D eigenvalue weighted by molar-refractivity contribution is -0.670. The summed E-state index contributed by atoms with van der Waals surface area (Å²) in [5.41, 5.74) is 1.92. The highest BCUT2D eigenvalue weighted by atomic mass is 16.5. The SMILES string of the molecule is CC(=O)c1ccc(NC(=O)Nc2ccc(-[n+]3cc(=O)o[nH]3)cc2)cc1. The quantitative estimate of drug-likeness (QED) is 0.499. The van der Waals surface area contributed by atoms with Gasteiger partial charge in [-0.25, -0.2) is 9.59 Å². The van der Waals surface area contributed by atoms with Crippen LogP contribution in [0.3, 0.4) is 0 Å². The first-order valence-corrected chi connectivity index (χ1v) is 7.41. The molecule has 8 nitrogen and oxygen atoms in total. The Labute approximate surface area is 142 Å². The summed E-state index contributed by atoms with van der Waals surface area (Å²) in [6.45, 7) is 1.48.